The predicted molar refractivity (Wildman–Crippen MR) is 59.3 cm³/mol. The SMILES string of the molecule is O=C(c1cccc(C(F)(F)F)c1)C1CCOCC1. The summed E-state index contributed by atoms with van der Waals surface area (Å²) in [6.07, 6.45) is -3.25. The van der Waals surface area contributed by atoms with Crippen LogP contribution in [0.5, 0.6) is 0 Å². The van der Waals surface area contributed by atoms with Crippen LogP contribution in [0.15, 0.2) is 24.3 Å². The Balaban J connectivity index is 2.20. The third kappa shape index (κ3) is 2.90. The van der Waals surface area contributed by atoms with Crippen LogP contribution < -0.4 is 0 Å². The average Bonchev–Trinajstić information content (AvgIpc) is 2.38. The van der Waals surface area contributed by atoms with Gasteiger partial charge in [0.15, 0.2) is 5.78 Å². The van der Waals surface area contributed by atoms with E-state index in [9.17, 15) is 18.0 Å². The zero-order valence-corrected chi connectivity index (χ0v) is 9.67. The van der Waals surface area contributed by atoms with Crippen molar-refractivity contribution in [3.8, 4) is 0 Å². The third-order valence-electron chi connectivity index (χ3n) is 3.07. The number of ether oxygens (including phenoxy) is 1. The van der Waals surface area contributed by atoms with Crippen LogP contribution in [0.3, 0.4) is 0 Å². The number of halogens is 3. The van der Waals surface area contributed by atoms with Gasteiger partial charge in [0.25, 0.3) is 0 Å². The first-order valence-electron chi connectivity index (χ1n) is 5.77. The molecule has 0 unspecified atom stereocenters. The number of rotatable bonds is 2. The summed E-state index contributed by atoms with van der Waals surface area (Å²) in [5.41, 5.74) is -0.642. The second-order valence-corrected chi connectivity index (χ2v) is 4.33. The molecule has 1 heterocycles. The number of benzene rings is 1. The number of ketones is 1. The molecule has 18 heavy (non-hydrogen) atoms. The third-order valence-corrected chi connectivity index (χ3v) is 3.07. The number of carbonyl (C=O) groups is 1. The summed E-state index contributed by atoms with van der Waals surface area (Å²) < 4.78 is 42.8. The second kappa shape index (κ2) is 5.10. The molecular formula is C13H13F3O2. The summed E-state index contributed by atoms with van der Waals surface area (Å²) in [4.78, 5) is 12.1. The Labute approximate surface area is 103 Å². The molecule has 0 aromatic heterocycles. The molecule has 1 saturated heterocycles. The fourth-order valence-corrected chi connectivity index (χ4v) is 2.04. The number of Topliss-reactive ketones (excluding diaryl/α,β-unsaturated/α-hetero) is 1. The van der Waals surface area contributed by atoms with Crippen molar-refractivity contribution in [2.45, 2.75) is 19.0 Å². The highest BCUT2D eigenvalue weighted by Gasteiger charge is 2.31. The molecule has 98 valence electrons. The molecule has 0 N–H and O–H groups in total. The number of hydrogen-bond donors (Lipinski definition) is 0. The van der Waals surface area contributed by atoms with E-state index >= 15 is 0 Å². The molecule has 1 fully saturated rings. The predicted octanol–water partition coefficient (Wildman–Crippen LogP) is 3.31. The topological polar surface area (TPSA) is 26.3 Å². The van der Waals surface area contributed by atoms with Crippen molar-refractivity contribution in [2.24, 2.45) is 5.92 Å². The summed E-state index contributed by atoms with van der Waals surface area (Å²) >= 11 is 0. The lowest BCUT2D eigenvalue weighted by Crippen LogP contribution is -2.23. The maximum absolute atomic E-state index is 12.5. The van der Waals surface area contributed by atoms with Gasteiger partial charge in [-0.2, -0.15) is 13.2 Å². The van der Waals surface area contributed by atoms with Crippen LogP contribution >= 0.6 is 0 Å². The molecule has 1 aromatic carbocycles. The highest BCUT2D eigenvalue weighted by Crippen LogP contribution is 2.30. The van der Waals surface area contributed by atoms with Gasteiger partial charge >= 0.3 is 6.18 Å². The summed E-state index contributed by atoms with van der Waals surface area (Å²) in [5.74, 6) is -0.438. The summed E-state index contributed by atoms with van der Waals surface area (Å²) in [6, 6.07) is 4.61. The maximum atomic E-state index is 12.5. The Morgan fingerprint density at radius 1 is 1.22 bits per heavy atom. The van der Waals surface area contributed by atoms with Gasteiger partial charge < -0.3 is 4.74 Å². The smallest absolute Gasteiger partial charge is 0.381 e. The normalized spacial score (nSPS) is 17.7. The first-order chi connectivity index (χ1) is 8.48. The van der Waals surface area contributed by atoms with Gasteiger partial charge in [0.1, 0.15) is 0 Å². The first-order valence-corrected chi connectivity index (χ1v) is 5.77. The van der Waals surface area contributed by atoms with Crippen LogP contribution in [0, 0.1) is 5.92 Å². The lowest BCUT2D eigenvalue weighted by molar-refractivity contribution is -0.137. The lowest BCUT2D eigenvalue weighted by atomic mass is 9.90. The molecule has 0 atom stereocenters. The number of alkyl halides is 3. The molecule has 1 aliphatic rings. The van der Waals surface area contributed by atoms with Crippen LogP contribution in [0.1, 0.15) is 28.8 Å². The minimum Gasteiger partial charge on any atom is -0.381 e. The lowest BCUT2D eigenvalue weighted by Gasteiger charge is -2.21. The van der Waals surface area contributed by atoms with Crippen molar-refractivity contribution in [1.82, 2.24) is 0 Å². The van der Waals surface area contributed by atoms with Crippen molar-refractivity contribution in [3.63, 3.8) is 0 Å². The molecule has 2 nitrogen and oxygen atoms in total. The molecular weight excluding hydrogens is 245 g/mol. The van der Waals surface area contributed by atoms with E-state index in [2.05, 4.69) is 0 Å². The highest BCUT2D eigenvalue weighted by molar-refractivity contribution is 5.98. The Hall–Kier alpha value is -1.36. The van der Waals surface area contributed by atoms with Crippen molar-refractivity contribution >= 4 is 5.78 Å². The van der Waals surface area contributed by atoms with Crippen molar-refractivity contribution in [3.05, 3.63) is 35.4 Å². The molecule has 0 spiro atoms. The van der Waals surface area contributed by atoms with E-state index < -0.39 is 11.7 Å². The Morgan fingerprint density at radius 3 is 2.50 bits per heavy atom. The molecule has 2 rings (SSSR count). The largest absolute Gasteiger partial charge is 0.416 e. The van der Waals surface area contributed by atoms with Crippen LogP contribution in [0.4, 0.5) is 13.2 Å². The van der Waals surface area contributed by atoms with Gasteiger partial charge in [0, 0.05) is 24.7 Å². The Morgan fingerprint density at radius 2 is 1.89 bits per heavy atom. The van der Waals surface area contributed by atoms with Crippen LogP contribution in [-0.2, 0) is 10.9 Å². The van der Waals surface area contributed by atoms with Gasteiger partial charge in [-0.15, -0.1) is 0 Å². The van der Waals surface area contributed by atoms with Crippen molar-refractivity contribution < 1.29 is 22.7 Å². The van der Waals surface area contributed by atoms with Gasteiger partial charge in [-0.25, -0.2) is 0 Å². The minimum absolute atomic E-state index is 0.136. The zero-order valence-electron chi connectivity index (χ0n) is 9.67. The minimum atomic E-state index is -4.41. The molecule has 0 aliphatic carbocycles. The second-order valence-electron chi connectivity index (χ2n) is 4.33. The van der Waals surface area contributed by atoms with Crippen LogP contribution in [0.2, 0.25) is 0 Å². The fraction of sp³-hybridized carbons (Fsp3) is 0.462. The van der Waals surface area contributed by atoms with E-state index in [0.29, 0.717) is 26.1 Å². The van der Waals surface area contributed by atoms with Crippen molar-refractivity contribution in [2.75, 3.05) is 13.2 Å². The molecule has 0 amide bonds. The van der Waals surface area contributed by atoms with Gasteiger partial charge in [-0.05, 0) is 25.0 Å². The van der Waals surface area contributed by atoms with Gasteiger partial charge in [0.2, 0.25) is 0 Å². The average molecular weight is 258 g/mol. The quantitative estimate of drug-likeness (QED) is 0.761. The van der Waals surface area contributed by atoms with E-state index in [1.807, 2.05) is 0 Å². The molecule has 1 aliphatic heterocycles. The molecule has 5 heteroatoms. The molecule has 0 saturated carbocycles. The zero-order chi connectivity index (χ0) is 13.2. The van der Waals surface area contributed by atoms with Crippen LogP contribution in [0.25, 0.3) is 0 Å². The summed E-state index contributed by atoms with van der Waals surface area (Å²) in [5, 5.41) is 0. The van der Waals surface area contributed by atoms with E-state index in [-0.39, 0.29) is 17.3 Å². The van der Waals surface area contributed by atoms with E-state index in [4.69, 9.17) is 4.74 Å². The summed E-state index contributed by atoms with van der Waals surface area (Å²) in [7, 11) is 0. The maximum Gasteiger partial charge on any atom is 0.416 e. The number of hydrogen-bond acceptors (Lipinski definition) is 2. The highest BCUT2D eigenvalue weighted by atomic mass is 19.4. The Bertz CT molecular complexity index is 434. The molecule has 0 radical (unpaired) electrons. The summed E-state index contributed by atoms with van der Waals surface area (Å²) in [6.45, 7) is 0.991. The van der Waals surface area contributed by atoms with E-state index in [1.165, 1.54) is 12.1 Å². The van der Waals surface area contributed by atoms with E-state index in [0.717, 1.165) is 12.1 Å². The first kappa shape index (κ1) is 13.1. The number of carbonyl (C=O) groups excluding carboxylic acids is 1. The van der Waals surface area contributed by atoms with Gasteiger partial charge in [-0.3, -0.25) is 4.79 Å². The monoisotopic (exact) mass is 258 g/mol. The van der Waals surface area contributed by atoms with Crippen molar-refractivity contribution in [1.29, 1.82) is 0 Å². The molecule has 1 aromatic rings. The standard InChI is InChI=1S/C13H13F3O2/c14-13(15,16)11-3-1-2-10(8-11)12(17)9-4-6-18-7-5-9/h1-3,8-9H,4-7H2. The molecule has 0 bridgehead atoms. The Kier molecular flexibility index (Phi) is 3.71. The van der Waals surface area contributed by atoms with Gasteiger partial charge in [0.05, 0.1) is 5.56 Å². The van der Waals surface area contributed by atoms with E-state index in [1.54, 1.807) is 0 Å². The van der Waals surface area contributed by atoms with Gasteiger partial charge in [-0.1, -0.05) is 12.1 Å². The fourth-order valence-electron chi connectivity index (χ4n) is 2.04. The van der Waals surface area contributed by atoms with Crippen LogP contribution in [-0.4, -0.2) is 19.0 Å².